The van der Waals surface area contributed by atoms with Crippen molar-refractivity contribution in [3.63, 3.8) is 0 Å². The summed E-state index contributed by atoms with van der Waals surface area (Å²) >= 11 is 0. The molecule has 0 aromatic heterocycles. The maximum absolute atomic E-state index is 12.7. The average molecular weight is 381 g/mol. The molecular formula is C18H28N4O3S. The monoisotopic (exact) mass is 380 g/mol. The first-order valence-electron chi connectivity index (χ1n) is 9.11. The Morgan fingerprint density at radius 2 is 1.88 bits per heavy atom. The van der Waals surface area contributed by atoms with Crippen LogP contribution < -0.4 is 10.0 Å². The molecule has 1 aromatic rings. The maximum atomic E-state index is 12.7. The zero-order valence-corrected chi connectivity index (χ0v) is 16.5. The van der Waals surface area contributed by atoms with E-state index in [0.717, 1.165) is 31.7 Å². The Kier molecular flexibility index (Phi) is 5.67. The molecule has 1 aromatic carbocycles. The van der Waals surface area contributed by atoms with E-state index in [2.05, 4.69) is 40.7 Å². The van der Waals surface area contributed by atoms with Crippen LogP contribution in [0.4, 0.5) is 5.69 Å². The lowest BCUT2D eigenvalue weighted by atomic mass is 10.0. The van der Waals surface area contributed by atoms with E-state index < -0.39 is 10.0 Å². The molecule has 2 aliphatic rings. The van der Waals surface area contributed by atoms with Crippen LogP contribution in [0, 0.1) is 5.92 Å². The summed E-state index contributed by atoms with van der Waals surface area (Å²) in [7, 11) is -1.49. The lowest BCUT2D eigenvalue weighted by Crippen LogP contribution is -2.54. The number of benzene rings is 1. The van der Waals surface area contributed by atoms with Gasteiger partial charge in [0.15, 0.2) is 0 Å². The Hall–Kier alpha value is -1.48. The van der Waals surface area contributed by atoms with Crippen molar-refractivity contribution in [2.24, 2.45) is 5.92 Å². The van der Waals surface area contributed by atoms with Gasteiger partial charge in [-0.25, -0.2) is 13.1 Å². The first kappa shape index (κ1) is 19.3. The zero-order valence-electron chi connectivity index (χ0n) is 15.7. The van der Waals surface area contributed by atoms with Gasteiger partial charge in [-0.1, -0.05) is 13.8 Å². The summed E-state index contributed by atoms with van der Waals surface area (Å²) in [5, 5.41) is 2.72. The second kappa shape index (κ2) is 7.64. The number of rotatable bonds is 6. The van der Waals surface area contributed by atoms with Gasteiger partial charge in [0.2, 0.25) is 15.9 Å². The molecule has 2 N–H and O–H groups in total. The quantitative estimate of drug-likeness (QED) is 0.760. The fraction of sp³-hybridized carbons (Fsp3) is 0.611. The second-order valence-corrected chi connectivity index (χ2v) is 9.31. The number of carbonyl (C=O) groups excluding carboxylic acids is 1. The molecule has 0 aliphatic carbocycles. The van der Waals surface area contributed by atoms with Crippen LogP contribution in [0.1, 0.15) is 19.4 Å². The van der Waals surface area contributed by atoms with Gasteiger partial charge in [0, 0.05) is 44.5 Å². The van der Waals surface area contributed by atoms with Gasteiger partial charge in [0.1, 0.15) is 0 Å². The van der Waals surface area contributed by atoms with Crippen LogP contribution >= 0.6 is 0 Å². The minimum Gasteiger partial charge on any atom is -0.326 e. The minimum atomic E-state index is -3.60. The Labute approximate surface area is 155 Å². The molecule has 0 bridgehead atoms. The van der Waals surface area contributed by atoms with E-state index in [4.69, 9.17) is 0 Å². The van der Waals surface area contributed by atoms with Gasteiger partial charge >= 0.3 is 0 Å². The van der Waals surface area contributed by atoms with E-state index in [-0.39, 0.29) is 23.3 Å². The van der Waals surface area contributed by atoms with Gasteiger partial charge in [0.05, 0.1) is 11.3 Å². The van der Waals surface area contributed by atoms with E-state index in [1.807, 2.05) is 0 Å². The number of amides is 1. The Morgan fingerprint density at radius 3 is 2.54 bits per heavy atom. The zero-order chi connectivity index (χ0) is 18.9. The molecule has 144 valence electrons. The predicted octanol–water partition coefficient (Wildman–Crippen LogP) is 0.732. The second-order valence-electron chi connectivity index (χ2n) is 7.55. The Morgan fingerprint density at radius 1 is 1.19 bits per heavy atom. The molecule has 1 saturated heterocycles. The van der Waals surface area contributed by atoms with Gasteiger partial charge in [-0.15, -0.1) is 0 Å². The molecular weight excluding hydrogens is 352 g/mol. The van der Waals surface area contributed by atoms with E-state index in [0.29, 0.717) is 18.2 Å². The van der Waals surface area contributed by atoms with Crippen molar-refractivity contribution < 1.29 is 13.2 Å². The van der Waals surface area contributed by atoms with Crippen molar-refractivity contribution in [3.8, 4) is 0 Å². The van der Waals surface area contributed by atoms with Gasteiger partial charge in [0.25, 0.3) is 0 Å². The number of piperazine rings is 1. The fourth-order valence-corrected chi connectivity index (χ4v) is 4.69. The third kappa shape index (κ3) is 4.25. The molecule has 2 heterocycles. The SMILES string of the molecule is CC(C)C(CNS(=O)(=O)c1ccc2c(c1)CC(=O)N2)N1CCN(C)CC1. The molecule has 26 heavy (non-hydrogen) atoms. The summed E-state index contributed by atoms with van der Waals surface area (Å²) in [5.41, 5.74) is 1.43. The molecule has 0 spiro atoms. The van der Waals surface area contributed by atoms with Crippen LogP contribution in [-0.2, 0) is 21.2 Å². The topological polar surface area (TPSA) is 81.7 Å². The highest BCUT2D eigenvalue weighted by Gasteiger charge is 2.27. The van der Waals surface area contributed by atoms with Gasteiger partial charge < -0.3 is 10.2 Å². The number of fused-ring (bicyclic) bond motifs is 1. The van der Waals surface area contributed by atoms with Crippen molar-refractivity contribution >= 4 is 21.6 Å². The molecule has 0 saturated carbocycles. The van der Waals surface area contributed by atoms with Crippen molar-refractivity contribution in [3.05, 3.63) is 23.8 Å². The molecule has 7 nitrogen and oxygen atoms in total. The molecule has 1 fully saturated rings. The highest BCUT2D eigenvalue weighted by atomic mass is 32.2. The van der Waals surface area contributed by atoms with E-state index in [1.54, 1.807) is 18.2 Å². The van der Waals surface area contributed by atoms with Crippen LogP contribution in [0.2, 0.25) is 0 Å². The number of likely N-dealkylation sites (N-methyl/N-ethyl adjacent to an activating group) is 1. The largest absolute Gasteiger partial charge is 0.326 e. The summed E-state index contributed by atoms with van der Waals surface area (Å²) in [5.74, 6) is 0.250. The highest BCUT2D eigenvalue weighted by Crippen LogP contribution is 2.25. The first-order valence-corrected chi connectivity index (χ1v) is 10.6. The summed E-state index contributed by atoms with van der Waals surface area (Å²) in [6.07, 6.45) is 0.231. The smallest absolute Gasteiger partial charge is 0.240 e. The molecule has 3 rings (SSSR count). The molecule has 1 atom stereocenters. The number of carbonyl (C=O) groups is 1. The standard InChI is InChI=1S/C18H28N4O3S/c1-13(2)17(22-8-6-21(3)7-9-22)12-19-26(24,25)15-4-5-16-14(10-15)11-18(23)20-16/h4-5,10,13,17,19H,6-9,11-12H2,1-3H3,(H,20,23). The number of anilines is 1. The molecule has 1 amide bonds. The molecule has 2 aliphatic heterocycles. The predicted molar refractivity (Wildman–Crippen MR) is 102 cm³/mol. The van der Waals surface area contributed by atoms with Gasteiger partial charge in [-0.2, -0.15) is 0 Å². The van der Waals surface area contributed by atoms with E-state index in [1.165, 1.54) is 0 Å². The summed E-state index contributed by atoms with van der Waals surface area (Å²) < 4.78 is 28.2. The minimum absolute atomic E-state index is 0.0996. The summed E-state index contributed by atoms with van der Waals surface area (Å²) in [6.45, 7) is 8.55. The average Bonchev–Trinajstić information content (AvgIpc) is 2.95. The summed E-state index contributed by atoms with van der Waals surface area (Å²) in [4.78, 5) is 16.3. The van der Waals surface area contributed by atoms with Crippen LogP contribution in [0.3, 0.4) is 0 Å². The summed E-state index contributed by atoms with van der Waals surface area (Å²) in [6, 6.07) is 4.97. The Balaban J connectivity index is 1.68. The van der Waals surface area contributed by atoms with Crippen LogP contribution in [0.25, 0.3) is 0 Å². The van der Waals surface area contributed by atoms with Crippen molar-refractivity contribution in [2.75, 3.05) is 45.1 Å². The lowest BCUT2D eigenvalue weighted by Gasteiger charge is -2.39. The number of nitrogens with one attached hydrogen (secondary N) is 2. The van der Waals surface area contributed by atoms with Crippen molar-refractivity contribution in [1.82, 2.24) is 14.5 Å². The van der Waals surface area contributed by atoms with Crippen molar-refractivity contribution in [2.45, 2.75) is 31.2 Å². The fourth-order valence-electron chi connectivity index (χ4n) is 3.59. The number of hydrogen-bond acceptors (Lipinski definition) is 5. The normalized spacial score (nSPS) is 20.2. The van der Waals surface area contributed by atoms with Crippen LogP contribution in [0.5, 0.6) is 0 Å². The number of nitrogens with zero attached hydrogens (tertiary/aromatic N) is 2. The van der Waals surface area contributed by atoms with Gasteiger partial charge in [-0.3, -0.25) is 9.69 Å². The molecule has 1 unspecified atom stereocenters. The Bertz CT molecular complexity index is 771. The van der Waals surface area contributed by atoms with Crippen LogP contribution in [-0.4, -0.2) is 69.9 Å². The van der Waals surface area contributed by atoms with Crippen molar-refractivity contribution in [1.29, 1.82) is 0 Å². The first-order chi connectivity index (χ1) is 12.3. The van der Waals surface area contributed by atoms with E-state index in [9.17, 15) is 13.2 Å². The van der Waals surface area contributed by atoms with Crippen LogP contribution in [0.15, 0.2) is 23.1 Å². The lowest BCUT2D eigenvalue weighted by molar-refractivity contribution is -0.115. The number of sulfonamides is 1. The third-order valence-electron chi connectivity index (χ3n) is 5.27. The van der Waals surface area contributed by atoms with Gasteiger partial charge in [-0.05, 0) is 36.7 Å². The third-order valence-corrected chi connectivity index (χ3v) is 6.69. The molecule has 0 radical (unpaired) electrons. The number of hydrogen-bond donors (Lipinski definition) is 2. The maximum Gasteiger partial charge on any atom is 0.240 e. The molecule has 8 heteroatoms. The van der Waals surface area contributed by atoms with E-state index >= 15 is 0 Å². The highest BCUT2D eigenvalue weighted by molar-refractivity contribution is 7.89.